The topological polar surface area (TPSA) is 20.2 Å². The fourth-order valence-electron chi connectivity index (χ4n) is 2.98. The third kappa shape index (κ3) is 1.68. The average Bonchev–Trinajstić information content (AvgIpc) is 3.22. The van der Waals surface area contributed by atoms with Crippen molar-refractivity contribution in [3.05, 3.63) is 28.6 Å². The van der Waals surface area contributed by atoms with Crippen molar-refractivity contribution in [1.82, 2.24) is 0 Å². The Kier molecular flexibility index (Phi) is 2.52. The number of phenols is 1. The van der Waals surface area contributed by atoms with Crippen LogP contribution in [0.3, 0.4) is 0 Å². The normalized spacial score (nSPS) is 22.7. The van der Waals surface area contributed by atoms with Crippen molar-refractivity contribution in [2.45, 2.75) is 56.5 Å². The number of benzene rings is 1. The van der Waals surface area contributed by atoms with E-state index >= 15 is 0 Å². The summed E-state index contributed by atoms with van der Waals surface area (Å²) in [5, 5.41) is 9.91. The highest BCUT2D eigenvalue weighted by atomic mass is 19.4. The van der Waals surface area contributed by atoms with Crippen molar-refractivity contribution in [2.24, 2.45) is 0 Å². The summed E-state index contributed by atoms with van der Waals surface area (Å²) in [5.74, 6) is -1.38. The van der Waals surface area contributed by atoms with E-state index in [1.165, 1.54) is 13.0 Å². The zero-order chi connectivity index (χ0) is 14.9. The number of halogens is 4. The van der Waals surface area contributed by atoms with Crippen LogP contribution in [-0.2, 0) is 10.8 Å². The number of alkyl halides is 3. The average molecular weight is 288 g/mol. The SMILES string of the molecule is Cc1c(C2(C(F)(F)F)CC2)cc(C2(C)CC2)c(O)c1F. The molecule has 2 aliphatic rings. The maximum absolute atomic E-state index is 14.1. The van der Waals surface area contributed by atoms with Crippen molar-refractivity contribution in [1.29, 1.82) is 0 Å². The largest absolute Gasteiger partial charge is 0.505 e. The Hall–Kier alpha value is -1.26. The summed E-state index contributed by atoms with van der Waals surface area (Å²) in [6.07, 6.45) is -2.85. The second-order valence-corrected chi connectivity index (χ2v) is 6.40. The van der Waals surface area contributed by atoms with Crippen molar-refractivity contribution < 1.29 is 22.7 Å². The van der Waals surface area contributed by atoms with Crippen LogP contribution in [0.25, 0.3) is 0 Å². The van der Waals surface area contributed by atoms with Crippen LogP contribution in [0.5, 0.6) is 5.75 Å². The van der Waals surface area contributed by atoms with Crippen LogP contribution in [-0.4, -0.2) is 11.3 Å². The molecule has 110 valence electrons. The lowest BCUT2D eigenvalue weighted by Crippen LogP contribution is -2.30. The first-order chi connectivity index (χ1) is 9.12. The molecule has 2 fully saturated rings. The molecule has 0 unspecified atom stereocenters. The van der Waals surface area contributed by atoms with Crippen LogP contribution in [0.15, 0.2) is 6.07 Å². The summed E-state index contributed by atoms with van der Waals surface area (Å²) < 4.78 is 53.9. The van der Waals surface area contributed by atoms with Crippen LogP contribution in [0.2, 0.25) is 0 Å². The highest BCUT2D eigenvalue weighted by Gasteiger charge is 2.65. The highest BCUT2D eigenvalue weighted by molar-refractivity contribution is 5.53. The van der Waals surface area contributed by atoms with Gasteiger partial charge in [-0.3, -0.25) is 0 Å². The van der Waals surface area contributed by atoms with Crippen molar-refractivity contribution in [3.63, 3.8) is 0 Å². The van der Waals surface area contributed by atoms with Gasteiger partial charge in [0, 0.05) is 5.56 Å². The predicted molar refractivity (Wildman–Crippen MR) is 66.4 cm³/mol. The molecule has 1 N–H and O–H groups in total. The van der Waals surface area contributed by atoms with Gasteiger partial charge in [-0.25, -0.2) is 4.39 Å². The molecule has 1 nitrogen and oxygen atoms in total. The molecule has 0 aliphatic heterocycles. The third-order valence-corrected chi connectivity index (χ3v) is 4.94. The Labute approximate surface area is 114 Å². The molecule has 0 amide bonds. The Morgan fingerprint density at radius 1 is 1.10 bits per heavy atom. The van der Waals surface area contributed by atoms with E-state index in [-0.39, 0.29) is 29.4 Å². The molecule has 2 saturated carbocycles. The quantitative estimate of drug-likeness (QED) is 0.795. The Morgan fingerprint density at radius 3 is 2.05 bits per heavy atom. The number of hydrogen-bond donors (Lipinski definition) is 1. The molecule has 5 heteroatoms. The summed E-state index contributed by atoms with van der Waals surface area (Å²) in [7, 11) is 0. The molecule has 0 saturated heterocycles. The van der Waals surface area contributed by atoms with Crippen LogP contribution < -0.4 is 0 Å². The molecule has 0 atom stereocenters. The molecule has 0 spiro atoms. The molecule has 0 radical (unpaired) electrons. The fraction of sp³-hybridized carbons (Fsp3) is 0.600. The molecule has 20 heavy (non-hydrogen) atoms. The van der Waals surface area contributed by atoms with Gasteiger partial charge in [0.25, 0.3) is 0 Å². The van der Waals surface area contributed by atoms with Gasteiger partial charge < -0.3 is 5.11 Å². The lowest BCUT2D eigenvalue weighted by molar-refractivity contribution is -0.160. The van der Waals surface area contributed by atoms with Crippen molar-refractivity contribution in [2.75, 3.05) is 0 Å². The first kappa shape index (κ1) is 13.7. The van der Waals surface area contributed by atoms with E-state index < -0.39 is 23.2 Å². The van der Waals surface area contributed by atoms with Gasteiger partial charge in [0.05, 0.1) is 5.41 Å². The molecule has 0 aromatic heterocycles. The first-order valence-corrected chi connectivity index (χ1v) is 6.72. The lowest BCUT2D eigenvalue weighted by Gasteiger charge is -2.24. The Balaban J connectivity index is 2.20. The Morgan fingerprint density at radius 2 is 1.65 bits per heavy atom. The molecule has 3 rings (SSSR count). The summed E-state index contributed by atoms with van der Waals surface area (Å²) in [6.45, 7) is 3.16. The van der Waals surface area contributed by atoms with E-state index in [9.17, 15) is 22.7 Å². The molecule has 2 aliphatic carbocycles. The van der Waals surface area contributed by atoms with Gasteiger partial charge in [-0.2, -0.15) is 13.2 Å². The maximum Gasteiger partial charge on any atom is 0.398 e. The van der Waals surface area contributed by atoms with E-state index in [1.807, 2.05) is 6.92 Å². The van der Waals surface area contributed by atoms with Gasteiger partial charge in [0.2, 0.25) is 0 Å². The third-order valence-electron chi connectivity index (χ3n) is 4.94. The van der Waals surface area contributed by atoms with Gasteiger partial charge in [-0.15, -0.1) is 0 Å². The lowest BCUT2D eigenvalue weighted by atomic mass is 9.85. The van der Waals surface area contributed by atoms with E-state index in [1.54, 1.807) is 0 Å². The first-order valence-electron chi connectivity index (χ1n) is 6.72. The maximum atomic E-state index is 14.1. The Bertz CT molecular complexity index is 581. The summed E-state index contributed by atoms with van der Waals surface area (Å²) >= 11 is 0. The second-order valence-electron chi connectivity index (χ2n) is 6.40. The standard InChI is InChI=1S/C15H16F4O/c1-8-9(14(5-6-14)15(17,18)19)7-10(12(20)11(8)16)13(2)3-4-13/h7,20H,3-6H2,1-2H3. The molecule has 0 bridgehead atoms. The predicted octanol–water partition coefficient (Wildman–Crippen LogP) is 4.49. The van der Waals surface area contributed by atoms with Crippen LogP contribution >= 0.6 is 0 Å². The zero-order valence-electron chi connectivity index (χ0n) is 11.4. The van der Waals surface area contributed by atoms with Crippen molar-refractivity contribution >= 4 is 0 Å². The molecular formula is C15H16F4O. The molecule has 1 aromatic rings. The molecule has 0 heterocycles. The minimum absolute atomic E-state index is 0.00227. The van der Waals surface area contributed by atoms with Crippen molar-refractivity contribution in [3.8, 4) is 5.75 Å². The molecular weight excluding hydrogens is 272 g/mol. The van der Waals surface area contributed by atoms with Crippen LogP contribution in [0.4, 0.5) is 17.6 Å². The van der Waals surface area contributed by atoms with E-state index in [2.05, 4.69) is 0 Å². The van der Waals surface area contributed by atoms with Gasteiger partial charge in [-0.05, 0) is 49.1 Å². The smallest absolute Gasteiger partial charge is 0.398 e. The van der Waals surface area contributed by atoms with Crippen LogP contribution in [0.1, 0.15) is 49.3 Å². The van der Waals surface area contributed by atoms with Gasteiger partial charge in [0.1, 0.15) is 0 Å². The van der Waals surface area contributed by atoms with Gasteiger partial charge in [0.15, 0.2) is 11.6 Å². The number of hydrogen-bond acceptors (Lipinski definition) is 1. The minimum atomic E-state index is -4.37. The van der Waals surface area contributed by atoms with Gasteiger partial charge >= 0.3 is 6.18 Å². The summed E-state index contributed by atoms with van der Waals surface area (Å²) in [5.41, 5.74) is -2.04. The summed E-state index contributed by atoms with van der Waals surface area (Å²) in [4.78, 5) is 0. The van der Waals surface area contributed by atoms with E-state index in [4.69, 9.17) is 0 Å². The number of aromatic hydroxyl groups is 1. The monoisotopic (exact) mass is 288 g/mol. The van der Waals surface area contributed by atoms with E-state index in [0.717, 1.165) is 12.8 Å². The van der Waals surface area contributed by atoms with Crippen LogP contribution in [0, 0.1) is 12.7 Å². The fourth-order valence-corrected chi connectivity index (χ4v) is 2.98. The minimum Gasteiger partial charge on any atom is -0.505 e. The molecule has 1 aromatic carbocycles. The highest BCUT2D eigenvalue weighted by Crippen LogP contribution is 2.61. The zero-order valence-corrected chi connectivity index (χ0v) is 11.4. The summed E-state index contributed by atoms with van der Waals surface area (Å²) in [6, 6.07) is 1.39. The number of rotatable bonds is 2. The second kappa shape index (κ2) is 3.68. The number of phenolic OH excluding ortho intramolecular Hbond substituents is 1. The van der Waals surface area contributed by atoms with Gasteiger partial charge in [-0.1, -0.05) is 13.0 Å². The van der Waals surface area contributed by atoms with E-state index in [0.29, 0.717) is 5.56 Å².